The first-order chi connectivity index (χ1) is 7.03. The third kappa shape index (κ3) is 4.33. The largest absolute Gasteiger partial charge is 0.396 e. The zero-order chi connectivity index (χ0) is 11.3. The smallest absolute Gasteiger partial charge is 0.335 e. The molecule has 15 heavy (non-hydrogen) atoms. The van der Waals surface area contributed by atoms with Crippen LogP contribution in [0.3, 0.4) is 0 Å². The summed E-state index contributed by atoms with van der Waals surface area (Å²) in [7, 11) is 0. The summed E-state index contributed by atoms with van der Waals surface area (Å²) in [5, 5.41) is 0. The van der Waals surface area contributed by atoms with E-state index in [2.05, 4.69) is 4.98 Å². The van der Waals surface area contributed by atoms with Gasteiger partial charge < -0.3 is 10.3 Å². The second kappa shape index (κ2) is 5.16. The molecule has 3 nitrogen and oxygen atoms in total. The van der Waals surface area contributed by atoms with Crippen LogP contribution in [0.25, 0.3) is 0 Å². The number of aromatic nitrogens is 2. The number of alkyl halides is 3. The molecule has 0 spiro atoms. The first-order valence-corrected chi connectivity index (χ1v) is 4.80. The van der Waals surface area contributed by atoms with Crippen LogP contribution in [0.5, 0.6) is 0 Å². The Hall–Kier alpha value is -1.04. The number of unbranched alkanes of at least 4 members (excludes halogenated alkanes) is 1. The predicted molar refractivity (Wildman–Crippen MR) is 50.3 cm³/mol. The highest BCUT2D eigenvalue weighted by Gasteiger charge is 2.29. The molecule has 0 unspecified atom stereocenters. The standard InChI is InChI=1S/C9H14F3N3/c10-9(11,12)7-8-14-4-6-15(8)5-2-1-3-13/h4,6H,1-3,5,7,13H2. The van der Waals surface area contributed by atoms with Crippen LogP contribution in [0.2, 0.25) is 0 Å². The van der Waals surface area contributed by atoms with Crippen LogP contribution in [-0.4, -0.2) is 22.3 Å². The SMILES string of the molecule is NCCCCn1ccnc1CC(F)(F)F. The molecule has 0 saturated carbocycles. The van der Waals surface area contributed by atoms with Crippen molar-refractivity contribution < 1.29 is 13.2 Å². The van der Waals surface area contributed by atoms with Gasteiger partial charge in [0, 0.05) is 18.9 Å². The zero-order valence-corrected chi connectivity index (χ0v) is 8.30. The van der Waals surface area contributed by atoms with E-state index in [1.54, 1.807) is 6.20 Å². The molecule has 1 rings (SSSR count). The van der Waals surface area contributed by atoms with Crippen molar-refractivity contribution in [2.24, 2.45) is 5.73 Å². The number of aryl methyl sites for hydroxylation is 1. The number of hydrogen-bond acceptors (Lipinski definition) is 2. The molecule has 0 fully saturated rings. The number of rotatable bonds is 5. The Morgan fingerprint density at radius 2 is 2.07 bits per heavy atom. The van der Waals surface area contributed by atoms with Crippen LogP contribution in [-0.2, 0) is 13.0 Å². The summed E-state index contributed by atoms with van der Waals surface area (Å²) in [6, 6.07) is 0. The van der Waals surface area contributed by atoms with Crippen LogP contribution in [0, 0.1) is 0 Å². The molecule has 1 aromatic heterocycles. The van der Waals surface area contributed by atoms with Gasteiger partial charge in [-0.2, -0.15) is 13.2 Å². The normalized spacial score (nSPS) is 12.0. The maximum absolute atomic E-state index is 12.1. The highest BCUT2D eigenvalue weighted by molar-refractivity contribution is 4.94. The van der Waals surface area contributed by atoms with E-state index in [1.165, 1.54) is 10.8 Å². The van der Waals surface area contributed by atoms with Crippen molar-refractivity contribution in [1.82, 2.24) is 9.55 Å². The minimum Gasteiger partial charge on any atom is -0.335 e. The summed E-state index contributed by atoms with van der Waals surface area (Å²) >= 11 is 0. The fourth-order valence-electron chi connectivity index (χ4n) is 1.32. The van der Waals surface area contributed by atoms with Crippen LogP contribution in [0.1, 0.15) is 18.7 Å². The van der Waals surface area contributed by atoms with E-state index in [4.69, 9.17) is 5.73 Å². The van der Waals surface area contributed by atoms with Crippen molar-refractivity contribution in [3.63, 3.8) is 0 Å². The molecule has 0 aromatic carbocycles. The van der Waals surface area contributed by atoms with Gasteiger partial charge in [-0.25, -0.2) is 4.98 Å². The molecule has 0 amide bonds. The lowest BCUT2D eigenvalue weighted by Crippen LogP contribution is -2.16. The van der Waals surface area contributed by atoms with Gasteiger partial charge in [-0.3, -0.25) is 0 Å². The Bertz CT molecular complexity index is 293. The Morgan fingerprint density at radius 1 is 1.33 bits per heavy atom. The lowest BCUT2D eigenvalue weighted by molar-refractivity contribution is -0.129. The van der Waals surface area contributed by atoms with E-state index in [0.717, 1.165) is 12.8 Å². The number of hydrogen-bond donors (Lipinski definition) is 1. The minimum absolute atomic E-state index is 0.0690. The Morgan fingerprint density at radius 3 is 2.67 bits per heavy atom. The van der Waals surface area contributed by atoms with Gasteiger partial charge in [0.15, 0.2) is 0 Å². The van der Waals surface area contributed by atoms with E-state index in [0.29, 0.717) is 13.1 Å². The van der Waals surface area contributed by atoms with Crippen LogP contribution >= 0.6 is 0 Å². The molecular formula is C9H14F3N3. The van der Waals surface area contributed by atoms with E-state index in [1.807, 2.05) is 0 Å². The van der Waals surface area contributed by atoms with E-state index >= 15 is 0 Å². The molecule has 0 saturated heterocycles. The highest BCUT2D eigenvalue weighted by atomic mass is 19.4. The Labute approximate surface area is 86.1 Å². The van der Waals surface area contributed by atoms with Crippen molar-refractivity contribution in [1.29, 1.82) is 0 Å². The number of imidazole rings is 1. The van der Waals surface area contributed by atoms with E-state index in [9.17, 15) is 13.2 Å². The average molecular weight is 221 g/mol. The van der Waals surface area contributed by atoms with Crippen LogP contribution in [0.4, 0.5) is 13.2 Å². The monoisotopic (exact) mass is 221 g/mol. The molecular weight excluding hydrogens is 207 g/mol. The van der Waals surface area contributed by atoms with Crippen molar-refractivity contribution in [2.45, 2.75) is 32.0 Å². The average Bonchev–Trinajstić information content (AvgIpc) is 2.50. The molecule has 0 bridgehead atoms. The molecule has 1 aromatic rings. The predicted octanol–water partition coefficient (Wildman–Crippen LogP) is 1.73. The van der Waals surface area contributed by atoms with Crippen molar-refractivity contribution in [3.8, 4) is 0 Å². The molecule has 0 radical (unpaired) electrons. The van der Waals surface area contributed by atoms with Gasteiger partial charge in [-0.05, 0) is 19.4 Å². The van der Waals surface area contributed by atoms with Gasteiger partial charge in [0.2, 0.25) is 0 Å². The van der Waals surface area contributed by atoms with E-state index in [-0.39, 0.29) is 5.82 Å². The molecule has 0 aliphatic rings. The van der Waals surface area contributed by atoms with Crippen molar-refractivity contribution >= 4 is 0 Å². The third-order valence-electron chi connectivity index (χ3n) is 2.01. The fourth-order valence-corrected chi connectivity index (χ4v) is 1.32. The molecule has 6 heteroatoms. The fraction of sp³-hybridized carbons (Fsp3) is 0.667. The zero-order valence-electron chi connectivity index (χ0n) is 8.30. The number of halogens is 3. The summed E-state index contributed by atoms with van der Waals surface area (Å²) in [6.45, 7) is 1.10. The quantitative estimate of drug-likeness (QED) is 0.769. The van der Waals surface area contributed by atoms with Crippen LogP contribution < -0.4 is 5.73 Å². The van der Waals surface area contributed by atoms with Gasteiger partial charge in [0.1, 0.15) is 12.2 Å². The van der Waals surface area contributed by atoms with Gasteiger partial charge >= 0.3 is 6.18 Å². The lowest BCUT2D eigenvalue weighted by Gasteiger charge is -2.09. The lowest BCUT2D eigenvalue weighted by atomic mass is 10.3. The second-order valence-corrected chi connectivity index (χ2v) is 3.32. The number of nitrogens with two attached hydrogens (primary N) is 1. The number of nitrogens with zero attached hydrogens (tertiary/aromatic N) is 2. The summed E-state index contributed by atoms with van der Waals surface area (Å²) in [4.78, 5) is 3.69. The topological polar surface area (TPSA) is 43.8 Å². The summed E-state index contributed by atoms with van der Waals surface area (Å²) in [6.07, 6.45) is -0.623. The van der Waals surface area contributed by atoms with Crippen molar-refractivity contribution in [2.75, 3.05) is 6.54 Å². The van der Waals surface area contributed by atoms with Crippen LogP contribution in [0.15, 0.2) is 12.4 Å². The molecule has 2 N–H and O–H groups in total. The summed E-state index contributed by atoms with van der Waals surface area (Å²) in [5.41, 5.74) is 5.30. The maximum Gasteiger partial charge on any atom is 0.396 e. The second-order valence-electron chi connectivity index (χ2n) is 3.32. The Kier molecular flexibility index (Phi) is 4.14. The van der Waals surface area contributed by atoms with E-state index < -0.39 is 12.6 Å². The molecule has 0 aliphatic heterocycles. The first kappa shape index (κ1) is 12.0. The minimum atomic E-state index is -4.20. The molecule has 1 heterocycles. The van der Waals surface area contributed by atoms with Crippen molar-refractivity contribution in [3.05, 3.63) is 18.2 Å². The molecule has 0 aliphatic carbocycles. The highest BCUT2D eigenvalue weighted by Crippen LogP contribution is 2.20. The summed E-state index contributed by atoms with van der Waals surface area (Å²) in [5.74, 6) is 0.0690. The van der Waals surface area contributed by atoms with Gasteiger partial charge in [-0.15, -0.1) is 0 Å². The Balaban J connectivity index is 2.53. The van der Waals surface area contributed by atoms with Gasteiger partial charge in [0.05, 0.1) is 0 Å². The van der Waals surface area contributed by atoms with Gasteiger partial charge in [0.25, 0.3) is 0 Å². The first-order valence-electron chi connectivity index (χ1n) is 4.80. The maximum atomic E-state index is 12.1. The van der Waals surface area contributed by atoms with Gasteiger partial charge in [-0.1, -0.05) is 0 Å². The molecule has 0 atom stereocenters. The third-order valence-corrected chi connectivity index (χ3v) is 2.01. The molecule has 86 valence electrons. The summed E-state index contributed by atoms with van der Waals surface area (Å²) < 4.78 is 37.9.